The Morgan fingerprint density at radius 1 is 0.971 bits per heavy atom. The summed E-state index contributed by atoms with van der Waals surface area (Å²) in [6.07, 6.45) is 4.80. The van der Waals surface area contributed by atoms with E-state index in [0.717, 1.165) is 53.0 Å². The molecule has 2 unspecified atom stereocenters. The molecule has 4 rings (SSSR count). The lowest BCUT2D eigenvalue weighted by Crippen LogP contribution is -2.32. The van der Waals surface area contributed by atoms with Gasteiger partial charge in [-0.3, -0.25) is 9.59 Å². The second-order valence-corrected chi connectivity index (χ2v) is 9.70. The van der Waals surface area contributed by atoms with Gasteiger partial charge in [0.1, 0.15) is 0 Å². The number of rotatable bonds is 7. The zero-order valence-corrected chi connectivity index (χ0v) is 20.9. The lowest BCUT2D eigenvalue weighted by Gasteiger charge is -2.30. The number of nitrogens with zero attached hydrogens (tertiary/aromatic N) is 4. The normalized spacial score (nSPS) is 20.4. The molecule has 2 aromatic carbocycles. The molecule has 2 aromatic rings. The average Bonchev–Trinajstić information content (AvgIpc) is 3.23. The molecule has 1 aliphatic carbocycles. The summed E-state index contributed by atoms with van der Waals surface area (Å²) < 4.78 is 0. The number of aliphatic carboxylic acids is 1. The maximum Gasteiger partial charge on any atom is 0.303 e. The largest absolute Gasteiger partial charge is 0.481 e. The number of hydrogen-bond donors (Lipinski definition) is 1. The van der Waals surface area contributed by atoms with Gasteiger partial charge in [-0.1, -0.05) is 24.3 Å². The van der Waals surface area contributed by atoms with Gasteiger partial charge in [-0.2, -0.15) is 5.10 Å². The van der Waals surface area contributed by atoms with Crippen LogP contribution in [0.3, 0.4) is 0 Å². The van der Waals surface area contributed by atoms with Crippen molar-refractivity contribution in [3.05, 3.63) is 65.2 Å². The Morgan fingerprint density at radius 2 is 1.57 bits per heavy atom. The fourth-order valence-corrected chi connectivity index (χ4v) is 4.91. The quantitative estimate of drug-likeness (QED) is 0.623. The fourth-order valence-electron chi connectivity index (χ4n) is 4.91. The van der Waals surface area contributed by atoms with Gasteiger partial charge >= 0.3 is 5.97 Å². The van der Waals surface area contributed by atoms with E-state index in [1.165, 1.54) is 0 Å². The summed E-state index contributed by atoms with van der Waals surface area (Å²) >= 11 is 0. The van der Waals surface area contributed by atoms with E-state index >= 15 is 0 Å². The van der Waals surface area contributed by atoms with Gasteiger partial charge in [-0.25, -0.2) is 5.01 Å². The molecule has 0 bridgehead atoms. The molecule has 1 saturated carbocycles. The topological polar surface area (TPSA) is 76.4 Å². The van der Waals surface area contributed by atoms with Crippen LogP contribution in [0.15, 0.2) is 59.2 Å². The summed E-state index contributed by atoms with van der Waals surface area (Å²) in [5.41, 5.74) is 6.47. The number of carboxylic acids is 1. The minimum Gasteiger partial charge on any atom is -0.481 e. The Hall–Kier alpha value is -3.61. The van der Waals surface area contributed by atoms with Crippen LogP contribution in [0.2, 0.25) is 0 Å². The van der Waals surface area contributed by atoms with Gasteiger partial charge in [-0.15, -0.1) is 0 Å². The molecule has 0 aromatic heterocycles. The second kappa shape index (κ2) is 10.3. The first-order valence-corrected chi connectivity index (χ1v) is 12.1. The molecular weight excluding hydrogens is 440 g/mol. The Balaban J connectivity index is 1.68. The van der Waals surface area contributed by atoms with Crippen molar-refractivity contribution in [2.75, 3.05) is 38.0 Å². The monoisotopic (exact) mass is 474 g/mol. The Kier molecular flexibility index (Phi) is 7.24. The van der Waals surface area contributed by atoms with Gasteiger partial charge in [0, 0.05) is 51.9 Å². The zero-order chi connectivity index (χ0) is 25.1. The van der Waals surface area contributed by atoms with Crippen LogP contribution in [0.1, 0.15) is 49.3 Å². The predicted molar refractivity (Wildman–Crippen MR) is 141 cm³/mol. The number of fused-ring (bicyclic) bond motifs is 1. The van der Waals surface area contributed by atoms with Crippen molar-refractivity contribution in [2.24, 2.45) is 11.0 Å². The number of hydrazone groups is 1. The molecule has 7 nitrogen and oxygen atoms in total. The van der Waals surface area contributed by atoms with E-state index in [-0.39, 0.29) is 30.7 Å². The molecule has 1 amide bonds. The minimum absolute atomic E-state index is 0.0594. The van der Waals surface area contributed by atoms with Crippen LogP contribution in [0.5, 0.6) is 0 Å². The number of benzene rings is 2. The van der Waals surface area contributed by atoms with E-state index in [4.69, 9.17) is 10.2 Å². The lowest BCUT2D eigenvalue weighted by molar-refractivity contribution is -0.141. The maximum absolute atomic E-state index is 13.1. The van der Waals surface area contributed by atoms with Crippen molar-refractivity contribution in [3.63, 3.8) is 0 Å². The average molecular weight is 475 g/mol. The van der Waals surface area contributed by atoms with Crippen LogP contribution in [-0.4, -0.2) is 55.9 Å². The maximum atomic E-state index is 13.1. The van der Waals surface area contributed by atoms with E-state index in [9.17, 15) is 9.59 Å². The molecule has 2 atom stereocenters. The minimum atomic E-state index is -0.976. The second-order valence-electron chi connectivity index (χ2n) is 9.70. The van der Waals surface area contributed by atoms with Crippen LogP contribution < -0.4 is 9.80 Å². The van der Waals surface area contributed by atoms with Crippen molar-refractivity contribution in [1.82, 2.24) is 5.01 Å². The van der Waals surface area contributed by atoms with Crippen molar-refractivity contribution >= 4 is 35.0 Å². The number of carboxylic acid groups (broad SMARTS) is 1. The lowest BCUT2D eigenvalue weighted by atomic mass is 9.77. The van der Waals surface area contributed by atoms with Gasteiger partial charge in [0.2, 0.25) is 5.91 Å². The standard InChI is InChI=1S/C28H34N4O3/c1-30(2)22-12-8-19(9-13-22)18-21-6-5-7-24-27(21)29-32(25(33)16-17-26(34)35)28(24)20-10-14-23(15-11-20)31(3)4/h8-15,18,24,28H,5-7,16-17H2,1-4H3,(H,34,35)/b21-18-. The fraction of sp³-hybridized carbons (Fsp3) is 0.393. The highest BCUT2D eigenvalue weighted by atomic mass is 16.4. The van der Waals surface area contributed by atoms with E-state index < -0.39 is 5.97 Å². The highest BCUT2D eigenvalue weighted by molar-refractivity contribution is 6.08. The molecule has 7 heteroatoms. The zero-order valence-electron chi connectivity index (χ0n) is 20.9. The van der Waals surface area contributed by atoms with E-state index in [1.807, 2.05) is 33.1 Å². The number of carbonyl (C=O) groups excluding carboxylic acids is 1. The summed E-state index contributed by atoms with van der Waals surface area (Å²) in [4.78, 5) is 28.4. The van der Waals surface area contributed by atoms with Crippen molar-refractivity contribution in [3.8, 4) is 0 Å². The number of allylic oxidation sites excluding steroid dienone is 1. The summed E-state index contributed by atoms with van der Waals surface area (Å²) in [6.45, 7) is 0. The molecule has 184 valence electrons. The van der Waals surface area contributed by atoms with Crippen LogP contribution in [-0.2, 0) is 9.59 Å². The summed E-state index contributed by atoms with van der Waals surface area (Å²) in [7, 11) is 8.04. The Labute approximate surface area is 207 Å². The third-order valence-corrected chi connectivity index (χ3v) is 6.81. The van der Waals surface area contributed by atoms with Gasteiger partial charge in [0.15, 0.2) is 0 Å². The van der Waals surface area contributed by atoms with Gasteiger partial charge in [0.05, 0.1) is 18.2 Å². The highest BCUT2D eigenvalue weighted by Crippen LogP contribution is 2.45. The third-order valence-electron chi connectivity index (χ3n) is 6.81. The smallest absolute Gasteiger partial charge is 0.303 e. The Morgan fingerprint density at radius 3 is 2.14 bits per heavy atom. The molecule has 1 N–H and O–H groups in total. The van der Waals surface area contributed by atoms with E-state index in [2.05, 4.69) is 59.5 Å². The molecule has 1 aliphatic heterocycles. The van der Waals surface area contributed by atoms with Gasteiger partial charge in [-0.05, 0) is 66.3 Å². The molecule has 0 radical (unpaired) electrons. The van der Waals surface area contributed by atoms with Gasteiger partial charge < -0.3 is 14.9 Å². The molecule has 0 saturated heterocycles. The molecular formula is C28H34N4O3. The predicted octanol–water partition coefficient (Wildman–Crippen LogP) is 4.81. The Bertz CT molecular complexity index is 1130. The summed E-state index contributed by atoms with van der Waals surface area (Å²) in [5.74, 6) is -1.13. The first kappa shape index (κ1) is 24.5. The summed E-state index contributed by atoms with van der Waals surface area (Å²) in [6, 6.07) is 16.4. The van der Waals surface area contributed by atoms with E-state index in [0.29, 0.717) is 0 Å². The number of amides is 1. The molecule has 0 spiro atoms. The van der Waals surface area contributed by atoms with Crippen LogP contribution in [0, 0.1) is 5.92 Å². The number of hydrogen-bond acceptors (Lipinski definition) is 5. The number of carbonyl (C=O) groups is 2. The van der Waals surface area contributed by atoms with Gasteiger partial charge in [0.25, 0.3) is 0 Å². The SMILES string of the molecule is CN(C)c1ccc(/C=C2/CCCC3C2=NN(C(=O)CCC(=O)O)C3c2ccc(N(C)C)cc2)cc1. The van der Waals surface area contributed by atoms with Crippen molar-refractivity contribution < 1.29 is 14.7 Å². The van der Waals surface area contributed by atoms with Crippen LogP contribution in [0.25, 0.3) is 6.08 Å². The first-order valence-electron chi connectivity index (χ1n) is 12.1. The van der Waals surface area contributed by atoms with Crippen molar-refractivity contribution in [1.29, 1.82) is 0 Å². The van der Waals surface area contributed by atoms with Crippen LogP contribution in [0.4, 0.5) is 11.4 Å². The third kappa shape index (κ3) is 5.39. The van der Waals surface area contributed by atoms with Crippen molar-refractivity contribution in [2.45, 2.75) is 38.1 Å². The number of anilines is 2. The van der Waals surface area contributed by atoms with E-state index in [1.54, 1.807) is 5.01 Å². The molecule has 2 aliphatic rings. The molecule has 35 heavy (non-hydrogen) atoms. The summed E-state index contributed by atoms with van der Waals surface area (Å²) in [5, 5.41) is 15.5. The molecule has 1 fully saturated rings. The van der Waals surface area contributed by atoms with Crippen LogP contribution >= 0.6 is 0 Å². The first-order chi connectivity index (χ1) is 16.7. The highest BCUT2D eigenvalue weighted by Gasteiger charge is 2.43. The molecule has 1 heterocycles.